The zero-order valence-electron chi connectivity index (χ0n) is 22.7. The third kappa shape index (κ3) is 4.23. The highest BCUT2D eigenvalue weighted by atomic mass is 32.2. The largest absolute Gasteiger partial charge is 0.390 e. The molecule has 1 aliphatic heterocycles. The average molecular weight is 521 g/mol. The molecule has 6 nitrogen and oxygen atoms in total. The highest BCUT2D eigenvalue weighted by Crippen LogP contribution is 2.70. The molecular weight excluding hydrogens is 472 g/mol. The minimum atomic E-state index is -3.15. The molecule has 0 amide bonds. The van der Waals surface area contributed by atoms with Gasteiger partial charge < -0.3 is 5.11 Å². The van der Waals surface area contributed by atoms with E-state index >= 15 is 0 Å². The van der Waals surface area contributed by atoms with Crippen molar-refractivity contribution in [3.05, 3.63) is 0 Å². The molecular formula is C29H48N2O4S. The maximum Gasteiger partial charge on any atom is 0.211 e. The summed E-state index contributed by atoms with van der Waals surface area (Å²) in [5, 5.41) is 10.7. The number of carbonyl (C=O) groups excluding carboxylic acids is 1. The molecule has 0 radical (unpaired) electrons. The van der Waals surface area contributed by atoms with Crippen molar-refractivity contribution < 1.29 is 18.3 Å². The van der Waals surface area contributed by atoms with Crippen LogP contribution < -0.4 is 0 Å². The number of piperazine rings is 1. The van der Waals surface area contributed by atoms with Crippen molar-refractivity contribution in [2.45, 2.75) is 83.7 Å². The van der Waals surface area contributed by atoms with E-state index < -0.39 is 15.6 Å². The van der Waals surface area contributed by atoms with E-state index in [1.54, 1.807) is 4.31 Å². The van der Waals surface area contributed by atoms with Gasteiger partial charge in [0.25, 0.3) is 0 Å². The van der Waals surface area contributed by atoms with E-state index in [-0.39, 0.29) is 11.3 Å². The summed E-state index contributed by atoms with van der Waals surface area (Å²) in [5.74, 6) is 5.68. The molecule has 36 heavy (non-hydrogen) atoms. The lowest BCUT2D eigenvalue weighted by Gasteiger charge is -2.57. The summed E-state index contributed by atoms with van der Waals surface area (Å²) in [6.45, 7) is 7.37. The van der Waals surface area contributed by atoms with E-state index in [9.17, 15) is 18.3 Å². The number of nitrogens with zero attached hydrogens (tertiary/aromatic N) is 2. The Morgan fingerprint density at radius 1 is 0.861 bits per heavy atom. The lowest BCUT2D eigenvalue weighted by atomic mass is 9.48. The summed E-state index contributed by atoms with van der Waals surface area (Å²) in [6.07, 6.45) is 13.3. The van der Waals surface area contributed by atoms with Crippen molar-refractivity contribution >= 4 is 15.8 Å². The molecule has 10 atom stereocenters. The van der Waals surface area contributed by atoms with Gasteiger partial charge >= 0.3 is 0 Å². The third-order valence-corrected chi connectivity index (χ3v) is 13.6. The van der Waals surface area contributed by atoms with Gasteiger partial charge in [-0.3, -0.25) is 9.69 Å². The predicted octanol–water partition coefficient (Wildman–Crippen LogP) is 3.79. The van der Waals surface area contributed by atoms with Gasteiger partial charge in [-0.2, -0.15) is 4.31 Å². The molecule has 5 saturated carbocycles. The molecule has 0 bridgehead atoms. The Morgan fingerprint density at radius 2 is 1.53 bits per heavy atom. The van der Waals surface area contributed by atoms with Crippen molar-refractivity contribution in [1.82, 2.24) is 9.21 Å². The Hall–Kier alpha value is -0.500. The van der Waals surface area contributed by atoms with Crippen LogP contribution in [0.5, 0.6) is 0 Å². The third-order valence-electron chi connectivity index (χ3n) is 12.3. The van der Waals surface area contributed by atoms with Crippen LogP contribution in [0.3, 0.4) is 0 Å². The molecule has 6 aliphatic rings. The molecule has 0 aromatic heterocycles. The second-order valence-corrected chi connectivity index (χ2v) is 16.3. The van der Waals surface area contributed by atoms with E-state index in [4.69, 9.17) is 0 Å². The van der Waals surface area contributed by atoms with Crippen molar-refractivity contribution in [1.29, 1.82) is 0 Å². The number of sulfonamides is 1. The maximum atomic E-state index is 14.1. The molecule has 1 N–H and O–H groups in total. The maximum absolute atomic E-state index is 14.1. The van der Waals surface area contributed by atoms with E-state index in [1.165, 1.54) is 57.6 Å². The second kappa shape index (κ2) is 9.02. The van der Waals surface area contributed by atoms with Crippen LogP contribution >= 0.6 is 0 Å². The molecule has 6 fully saturated rings. The molecule has 6 rings (SSSR count). The molecule has 204 valence electrons. The molecule has 5 aliphatic carbocycles. The van der Waals surface area contributed by atoms with Gasteiger partial charge in [-0.05, 0) is 112 Å². The van der Waals surface area contributed by atoms with Gasteiger partial charge in [0.05, 0.1) is 18.4 Å². The van der Waals surface area contributed by atoms with Gasteiger partial charge in [-0.1, -0.05) is 13.3 Å². The fourth-order valence-electron chi connectivity index (χ4n) is 11.0. The first-order chi connectivity index (χ1) is 17.0. The van der Waals surface area contributed by atoms with E-state index in [0.717, 1.165) is 36.5 Å². The summed E-state index contributed by atoms with van der Waals surface area (Å²) in [7, 11) is -3.15. The van der Waals surface area contributed by atoms with Crippen molar-refractivity contribution in [2.24, 2.45) is 52.8 Å². The summed E-state index contributed by atoms with van der Waals surface area (Å²) in [4.78, 5) is 16.3. The van der Waals surface area contributed by atoms with Crippen LogP contribution in [-0.4, -0.2) is 73.1 Å². The first-order valence-corrected chi connectivity index (χ1v) is 16.8. The van der Waals surface area contributed by atoms with Crippen LogP contribution in [-0.2, 0) is 14.8 Å². The molecule has 3 unspecified atom stereocenters. The molecule has 1 heterocycles. The standard InChI is InChI=1S/C29H48N2O4S/c1-28(33)11-9-20-19(17-28)7-8-24-21(20)10-12-29(2)26(24)22-5-4-6-23(22)27(29)25(32)18-30-13-15-31(16-14-30)36(3,34)35/h19-24,26-27,33H,4-18H2,1-3H3/t19?,20-,21+,22+,23-,24?,26?,27+,28+,29-/m0/s1. The fourth-order valence-corrected chi connectivity index (χ4v) is 11.9. The van der Waals surface area contributed by atoms with Crippen LogP contribution in [0.1, 0.15) is 78.1 Å². The SMILES string of the molecule is C[C@@]1(O)CC[C@H]2C(CCC3C4[C@@H]5CCC[C@@H]5[C@H](C(=O)CN5CCN(S(C)(=O)=O)CC5)[C@@]4(C)CC[C@@H]32)C1. The summed E-state index contributed by atoms with van der Waals surface area (Å²) < 4.78 is 25.4. The van der Waals surface area contributed by atoms with Crippen LogP contribution in [0.25, 0.3) is 0 Å². The lowest BCUT2D eigenvalue weighted by molar-refractivity contribution is -0.135. The fraction of sp³-hybridized carbons (Fsp3) is 0.966. The zero-order valence-corrected chi connectivity index (χ0v) is 23.5. The van der Waals surface area contributed by atoms with Gasteiger partial charge in [0.1, 0.15) is 0 Å². The number of hydrogen-bond donors (Lipinski definition) is 1. The number of carbonyl (C=O) groups is 1. The molecule has 0 aromatic carbocycles. The van der Waals surface area contributed by atoms with E-state index in [0.29, 0.717) is 56.3 Å². The number of fused-ring (bicyclic) bond motifs is 7. The summed E-state index contributed by atoms with van der Waals surface area (Å²) >= 11 is 0. The molecule has 0 aromatic rings. The van der Waals surface area contributed by atoms with Crippen LogP contribution in [0.15, 0.2) is 0 Å². The second-order valence-electron chi connectivity index (χ2n) is 14.3. The van der Waals surface area contributed by atoms with Crippen molar-refractivity contribution in [3.8, 4) is 0 Å². The topological polar surface area (TPSA) is 77.9 Å². The van der Waals surface area contributed by atoms with E-state index in [1.807, 2.05) is 6.92 Å². The predicted molar refractivity (Wildman–Crippen MR) is 141 cm³/mol. The van der Waals surface area contributed by atoms with Gasteiger partial charge in [0.15, 0.2) is 5.78 Å². The lowest BCUT2D eigenvalue weighted by Crippen LogP contribution is -2.53. The highest BCUT2D eigenvalue weighted by molar-refractivity contribution is 7.88. The minimum Gasteiger partial charge on any atom is -0.390 e. The minimum absolute atomic E-state index is 0.135. The number of rotatable bonds is 4. The average Bonchev–Trinajstić information content (AvgIpc) is 3.35. The first kappa shape index (κ1) is 25.8. The summed E-state index contributed by atoms with van der Waals surface area (Å²) in [5.41, 5.74) is -0.332. The molecule has 0 spiro atoms. The van der Waals surface area contributed by atoms with Crippen LogP contribution in [0.4, 0.5) is 0 Å². The van der Waals surface area contributed by atoms with Gasteiger partial charge in [-0.15, -0.1) is 0 Å². The van der Waals surface area contributed by atoms with Crippen molar-refractivity contribution in [2.75, 3.05) is 39.0 Å². The van der Waals surface area contributed by atoms with E-state index in [2.05, 4.69) is 11.8 Å². The van der Waals surface area contributed by atoms with Gasteiger partial charge in [0.2, 0.25) is 10.0 Å². The first-order valence-electron chi connectivity index (χ1n) is 14.9. The van der Waals surface area contributed by atoms with Gasteiger partial charge in [0, 0.05) is 32.1 Å². The van der Waals surface area contributed by atoms with Gasteiger partial charge in [-0.25, -0.2) is 8.42 Å². The number of hydrogen-bond acceptors (Lipinski definition) is 5. The Labute approximate surface area is 218 Å². The Balaban J connectivity index is 1.19. The van der Waals surface area contributed by atoms with Crippen molar-refractivity contribution in [3.63, 3.8) is 0 Å². The Kier molecular flexibility index (Phi) is 6.46. The van der Waals surface area contributed by atoms with Crippen LogP contribution in [0.2, 0.25) is 0 Å². The molecule has 7 heteroatoms. The normalized spacial score (nSPS) is 49.7. The Morgan fingerprint density at radius 3 is 2.25 bits per heavy atom. The molecule has 1 saturated heterocycles. The highest BCUT2D eigenvalue weighted by Gasteiger charge is 2.66. The van der Waals surface area contributed by atoms with Crippen LogP contribution in [0, 0.1) is 52.8 Å². The number of ketones is 1. The number of aliphatic hydroxyl groups is 1. The summed E-state index contributed by atoms with van der Waals surface area (Å²) in [6, 6.07) is 0. The smallest absolute Gasteiger partial charge is 0.211 e. The Bertz CT molecular complexity index is 974. The zero-order chi connectivity index (χ0) is 25.5. The quantitative estimate of drug-likeness (QED) is 0.610. The number of Topliss-reactive ketones (excluding diaryl/α,β-unsaturated/α-hetero) is 1. The monoisotopic (exact) mass is 520 g/mol.